The molecule has 0 bridgehead atoms. The molecule has 1 amide bonds. The van der Waals surface area contributed by atoms with Gasteiger partial charge in [-0.05, 0) is 49.6 Å². The summed E-state index contributed by atoms with van der Waals surface area (Å²) < 4.78 is 0. The van der Waals surface area contributed by atoms with Crippen LogP contribution in [0.15, 0.2) is 54.6 Å². The standard InChI is InChI=1S/C19H22N2O/c1-14-18(8-5-13-20-14)21-19(22)17-11-9-16(10-12-17)15-6-3-2-4-7-15/h2-4,6-7,9-12,14,18,20H,5,8,13H2,1H3,(H,21,22). The normalized spacial score (nSPS) is 21.3. The molecule has 0 radical (unpaired) electrons. The van der Waals surface area contributed by atoms with Crippen LogP contribution in [0.5, 0.6) is 0 Å². The molecule has 3 rings (SSSR count). The fraction of sp³-hybridized carbons (Fsp3) is 0.316. The predicted octanol–water partition coefficient (Wildman–Crippen LogP) is 3.22. The number of amides is 1. The zero-order valence-corrected chi connectivity index (χ0v) is 12.9. The van der Waals surface area contributed by atoms with Crippen molar-refractivity contribution in [1.29, 1.82) is 0 Å². The monoisotopic (exact) mass is 294 g/mol. The SMILES string of the molecule is CC1NCCCC1NC(=O)c1ccc(-c2ccccc2)cc1. The van der Waals surface area contributed by atoms with E-state index in [4.69, 9.17) is 0 Å². The summed E-state index contributed by atoms with van der Waals surface area (Å²) in [6, 6.07) is 18.6. The highest BCUT2D eigenvalue weighted by molar-refractivity contribution is 5.94. The highest BCUT2D eigenvalue weighted by Gasteiger charge is 2.22. The van der Waals surface area contributed by atoms with E-state index >= 15 is 0 Å². The van der Waals surface area contributed by atoms with Crippen molar-refractivity contribution in [3.8, 4) is 11.1 Å². The van der Waals surface area contributed by atoms with Gasteiger partial charge in [-0.25, -0.2) is 0 Å². The lowest BCUT2D eigenvalue weighted by molar-refractivity contribution is 0.0920. The van der Waals surface area contributed by atoms with Gasteiger partial charge in [0.15, 0.2) is 0 Å². The highest BCUT2D eigenvalue weighted by atomic mass is 16.1. The Balaban J connectivity index is 1.68. The topological polar surface area (TPSA) is 41.1 Å². The Morgan fingerprint density at radius 1 is 1.05 bits per heavy atom. The number of hydrogen-bond donors (Lipinski definition) is 2. The number of benzene rings is 2. The summed E-state index contributed by atoms with van der Waals surface area (Å²) in [5.41, 5.74) is 3.02. The van der Waals surface area contributed by atoms with Crippen molar-refractivity contribution in [2.24, 2.45) is 0 Å². The molecule has 2 atom stereocenters. The molecule has 2 aromatic rings. The van der Waals surface area contributed by atoms with Crippen LogP contribution < -0.4 is 10.6 Å². The van der Waals surface area contributed by atoms with E-state index in [-0.39, 0.29) is 11.9 Å². The molecule has 1 fully saturated rings. The van der Waals surface area contributed by atoms with Crippen LogP contribution in [0.3, 0.4) is 0 Å². The van der Waals surface area contributed by atoms with Crippen LogP contribution in [-0.2, 0) is 0 Å². The van der Waals surface area contributed by atoms with Crippen LogP contribution in [0.2, 0.25) is 0 Å². The van der Waals surface area contributed by atoms with Crippen LogP contribution in [-0.4, -0.2) is 24.5 Å². The van der Waals surface area contributed by atoms with Gasteiger partial charge in [-0.1, -0.05) is 42.5 Å². The summed E-state index contributed by atoms with van der Waals surface area (Å²) >= 11 is 0. The van der Waals surface area contributed by atoms with Crippen LogP contribution in [0, 0.1) is 0 Å². The van der Waals surface area contributed by atoms with E-state index in [0.29, 0.717) is 6.04 Å². The van der Waals surface area contributed by atoms with Crippen LogP contribution >= 0.6 is 0 Å². The van der Waals surface area contributed by atoms with Crippen LogP contribution in [0.1, 0.15) is 30.1 Å². The van der Waals surface area contributed by atoms with E-state index < -0.39 is 0 Å². The molecule has 2 unspecified atom stereocenters. The van der Waals surface area contributed by atoms with Gasteiger partial charge in [0, 0.05) is 17.6 Å². The lowest BCUT2D eigenvalue weighted by atomic mass is 9.99. The first kappa shape index (κ1) is 14.8. The minimum atomic E-state index is 0.0140. The third-order valence-electron chi connectivity index (χ3n) is 4.33. The van der Waals surface area contributed by atoms with E-state index in [0.717, 1.165) is 30.5 Å². The summed E-state index contributed by atoms with van der Waals surface area (Å²) in [6.07, 6.45) is 2.16. The van der Waals surface area contributed by atoms with E-state index in [9.17, 15) is 4.79 Å². The molecule has 22 heavy (non-hydrogen) atoms. The van der Waals surface area contributed by atoms with Gasteiger partial charge in [0.1, 0.15) is 0 Å². The van der Waals surface area contributed by atoms with Crippen molar-refractivity contribution >= 4 is 5.91 Å². The smallest absolute Gasteiger partial charge is 0.251 e. The molecule has 0 aliphatic carbocycles. The summed E-state index contributed by atoms with van der Waals surface area (Å²) in [5.74, 6) is 0.0140. The van der Waals surface area contributed by atoms with Gasteiger partial charge < -0.3 is 10.6 Å². The van der Waals surface area contributed by atoms with Gasteiger partial charge in [-0.2, -0.15) is 0 Å². The Hall–Kier alpha value is -2.13. The average molecular weight is 294 g/mol. The maximum atomic E-state index is 12.4. The molecule has 1 heterocycles. The van der Waals surface area contributed by atoms with Crippen molar-refractivity contribution in [3.63, 3.8) is 0 Å². The van der Waals surface area contributed by atoms with Gasteiger partial charge in [-0.3, -0.25) is 4.79 Å². The third kappa shape index (κ3) is 3.37. The molecule has 0 aromatic heterocycles. The first-order valence-electron chi connectivity index (χ1n) is 7.94. The largest absolute Gasteiger partial charge is 0.348 e. The number of carbonyl (C=O) groups is 1. The molecular weight excluding hydrogens is 272 g/mol. The van der Waals surface area contributed by atoms with Crippen molar-refractivity contribution in [3.05, 3.63) is 60.2 Å². The van der Waals surface area contributed by atoms with Gasteiger partial charge in [-0.15, -0.1) is 0 Å². The summed E-state index contributed by atoms with van der Waals surface area (Å²) in [6.45, 7) is 3.17. The third-order valence-corrected chi connectivity index (χ3v) is 4.33. The molecule has 3 heteroatoms. The molecular formula is C19H22N2O. The lowest BCUT2D eigenvalue weighted by Gasteiger charge is -2.30. The first-order chi connectivity index (χ1) is 10.7. The number of piperidine rings is 1. The lowest BCUT2D eigenvalue weighted by Crippen LogP contribution is -2.51. The zero-order valence-electron chi connectivity index (χ0n) is 12.9. The second-order valence-electron chi connectivity index (χ2n) is 5.91. The molecule has 0 saturated carbocycles. The van der Waals surface area contributed by atoms with Crippen molar-refractivity contribution < 1.29 is 4.79 Å². The van der Waals surface area contributed by atoms with Crippen molar-refractivity contribution in [2.75, 3.05) is 6.54 Å². The van der Waals surface area contributed by atoms with Gasteiger partial charge in [0.2, 0.25) is 0 Å². The van der Waals surface area contributed by atoms with Crippen molar-refractivity contribution in [1.82, 2.24) is 10.6 Å². The van der Waals surface area contributed by atoms with Crippen LogP contribution in [0.25, 0.3) is 11.1 Å². The maximum absolute atomic E-state index is 12.4. The van der Waals surface area contributed by atoms with Gasteiger partial charge >= 0.3 is 0 Å². The second kappa shape index (κ2) is 6.75. The van der Waals surface area contributed by atoms with E-state index in [1.807, 2.05) is 42.5 Å². The summed E-state index contributed by atoms with van der Waals surface area (Å²) in [5, 5.41) is 6.55. The Bertz CT molecular complexity index is 622. The number of hydrogen-bond acceptors (Lipinski definition) is 2. The number of nitrogens with one attached hydrogen (secondary N) is 2. The van der Waals surface area contributed by atoms with Crippen LogP contribution in [0.4, 0.5) is 0 Å². The summed E-state index contributed by atoms with van der Waals surface area (Å²) in [4.78, 5) is 12.4. The fourth-order valence-corrected chi connectivity index (χ4v) is 2.94. The molecule has 1 aliphatic rings. The average Bonchev–Trinajstić information content (AvgIpc) is 2.58. The number of carbonyl (C=O) groups excluding carboxylic acids is 1. The highest BCUT2D eigenvalue weighted by Crippen LogP contribution is 2.19. The second-order valence-corrected chi connectivity index (χ2v) is 5.91. The van der Waals surface area contributed by atoms with Gasteiger partial charge in [0.05, 0.1) is 0 Å². The maximum Gasteiger partial charge on any atom is 0.251 e. The Morgan fingerprint density at radius 2 is 1.73 bits per heavy atom. The number of rotatable bonds is 3. The van der Waals surface area contributed by atoms with E-state index in [2.05, 4.69) is 29.7 Å². The molecule has 0 spiro atoms. The molecule has 3 nitrogen and oxygen atoms in total. The zero-order chi connectivity index (χ0) is 15.4. The van der Waals surface area contributed by atoms with E-state index in [1.165, 1.54) is 5.56 Å². The molecule has 1 aliphatic heterocycles. The first-order valence-corrected chi connectivity index (χ1v) is 7.94. The minimum absolute atomic E-state index is 0.0140. The Morgan fingerprint density at radius 3 is 2.41 bits per heavy atom. The van der Waals surface area contributed by atoms with Crippen molar-refractivity contribution in [2.45, 2.75) is 31.8 Å². The molecule has 114 valence electrons. The minimum Gasteiger partial charge on any atom is -0.348 e. The van der Waals surface area contributed by atoms with Gasteiger partial charge in [0.25, 0.3) is 5.91 Å². The predicted molar refractivity (Wildman–Crippen MR) is 89.8 cm³/mol. The quantitative estimate of drug-likeness (QED) is 0.912. The van der Waals surface area contributed by atoms with E-state index in [1.54, 1.807) is 0 Å². The fourth-order valence-electron chi connectivity index (χ4n) is 2.94. The molecule has 1 saturated heterocycles. The summed E-state index contributed by atoms with van der Waals surface area (Å²) in [7, 11) is 0. The molecule has 2 aromatic carbocycles. The molecule has 2 N–H and O–H groups in total. The Kier molecular flexibility index (Phi) is 4.54. The Labute approximate surface area is 131 Å².